The van der Waals surface area contributed by atoms with Crippen LogP contribution in [0.2, 0.25) is 5.02 Å². The van der Waals surface area contributed by atoms with Gasteiger partial charge in [-0.25, -0.2) is 4.39 Å². The average molecular weight is 348 g/mol. The summed E-state index contributed by atoms with van der Waals surface area (Å²) in [7, 11) is 0. The molecule has 1 atom stereocenters. The number of nitrogens with zero attached hydrogens (tertiary/aromatic N) is 1. The van der Waals surface area contributed by atoms with E-state index in [1.54, 1.807) is 6.07 Å². The van der Waals surface area contributed by atoms with E-state index in [2.05, 4.69) is 0 Å². The van der Waals surface area contributed by atoms with Crippen molar-refractivity contribution in [2.24, 2.45) is 0 Å². The van der Waals surface area contributed by atoms with E-state index >= 15 is 0 Å². The number of ether oxygens (including phenoxy) is 1. The zero-order chi connectivity index (χ0) is 16.9. The van der Waals surface area contributed by atoms with Crippen LogP contribution in [-0.4, -0.2) is 30.5 Å². The largest absolute Gasteiger partial charge is 0.370 e. The number of hydrogen-bond acceptors (Lipinski definition) is 2. The van der Waals surface area contributed by atoms with Crippen molar-refractivity contribution in [1.82, 2.24) is 4.90 Å². The van der Waals surface area contributed by atoms with E-state index < -0.39 is 0 Å². The van der Waals surface area contributed by atoms with Gasteiger partial charge in [-0.2, -0.15) is 0 Å². The van der Waals surface area contributed by atoms with Crippen molar-refractivity contribution in [3.05, 3.63) is 70.5 Å². The molecule has 2 aromatic carbocycles. The van der Waals surface area contributed by atoms with Crippen LogP contribution >= 0.6 is 11.6 Å². The number of carbonyl (C=O) groups excluding carboxylic acids is 1. The summed E-state index contributed by atoms with van der Waals surface area (Å²) in [5, 5.41) is 0.658. The molecule has 3 rings (SSSR count). The van der Waals surface area contributed by atoms with Crippen molar-refractivity contribution in [3.8, 4) is 0 Å². The van der Waals surface area contributed by atoms with Crippen LogP contribution in [0.15, 0.2) is 48.5 Å². The van der Waals surface area contributed by atoms with E-state index in [1.807, 2.05) is 35.2 Å². The predicted octanol–water partition coefficient (Wildman–Crippen LogP) is 4.01. The van der Waals surface area contributed by atoms with Crippen molar-refractivity contribution in [2.75, 3.05) is 19.7 Å². The first-order valence-corrected chi connectivity index (χ1v) is 8.39. The molecular weight excluding hydrogens is 329 g/mol. The van der Waals surface area contributed by atoms with Crippen molar-refractivity contribution in [3.63, 3.8) is 0 Å². The Morgan fingerprint density at radius 2 is 2.08 bits per heavy atom. The summed E-state index contributed by atoms with van der Waals surface area (Å²) >= 11 is 6.03. The second-order valence-electron chi connectivity index (χ2n) is 5.88. The highest BCUT2D eigenvalue weighted by atomic mass is 35.5. The van der Waals surface area contributed by atoms with E-state index in [0.717, 1.165) is 11.1 Å². The third-order valence-corrected chi connectivity index (χ3v) is 4.39. The van der Waals surface area contributed by atoms with E-state index in [4.69, 9.17) is 16.3 Å². The molecule has 1 unspecified atom stereocenters. The molecule has 3 nitrogen and oxygen atoms in total. The van der Waals surface area contributed by atoms with E-state index in [1.165, 1.54) is 12.1 Å². The summed E-state index contributed by atoms with van der Waals surface area (Å²) < 4.78 is 19.0. The molecule has 5 heteroatoms. The second kappa shape index (κ2) is 7.77. The number of aryl methyl sites for hydroxylation is 1. The van der Waals surface area contributed by atoms with Crippen LogP contribution in [0.3, 0.4) is 0 Å². The number of hydrogen-bond donors (Lipinski definition) is 0. The number of carbonyl (C=O) groups is 1. The number of amides is 1. The average Bonchev–Trinajstić information content (AvgIpc) is 2.60. The zero-order valence-corrected chi connectivity index (χ0v) is 14.0. The molecular formula is C19H19ClFNO2. The molecule has 0 saturated carbocycles. The maximum atomic E-state index is 13.2. The first-order valence-electron chi connectivity index (χ1n) is 8.01. The maximum absolute atomic E-state index is 13.2. The highest BCUT2D eigenvalue weighted by Crippen LogP contribution is 2.25. The van der Waals surface area contributed by atoms with Gasteiger partial charge < -0.3 is 9.64 Å². The Bertz CT molecular complexity index is 722. The highest BCUT2D eigenvalue weighted by Gasteiger charge is 2.25. The SMILES string of the molecule is O=C(CCc1cccc(F)c1)N1CCOC(c2cccc(Cl)c2)C1. The van der Waals surface area contributed by atoms with Crippen LogP contribution in [0.1, 0.15) is 23.7 Å². The normalized spacial score (nSPS) is 17.8. The molecule has 0 N–H and O–H groups in total. The van der Waals surface area contributed by atoms with Crippen molar-refractivity contribution >= 4 is 17.5 Å². The Balaban J connectivity index is 1.59. The van der Waals surface area contributed by atoms with Crippen LogP contribution < -0.4 is 0 Å². The maximum Gasteiger partial charge on any atom is 0.223 e. The Morgan fingerprint density at radius 1 is 1.25 bits per heavy atom. The van der Waals surface area contributed by atoms with Crippen molar-refractivity contribution in [1.29, 1.82) is 0 Å². The standard InChI is InChI=1S/C19H19ClFNO2/c20-16-5-2-4-15(12-16)18-13-22(9-10-24-18)19(23)8-7-14-3-1-6-17(21)11-14/h1-6,11-12,18H,7-10,13H2. The van der Waals surface area contributed by atoms with Crippen LogP contribution in [-0.2, 0) is 16.0 Å². The summed E-state index contributed by atoms with van der Waals surface area (Å²) in [6.45, 7) is 1.60. The van der Waals surface area contributed by atoms with Gasteiger partial charge in [0.05, 0.1) is 13.2 Å². The topological polar surface area (TPSA) is 29.5 Å². The van der Waals surface area contributed by atoms with Crippen LogP contribution in [0.5, 0.6) is 0 Å². The number of rotatable bonds is 4. The fraction of sp³-hybridized carbons (Fsp3) is 0.316. The van der Waals surface area contributed by atoms with E-state index in [0.29, 0.717) is 37.6 Å². The van der Waals surface area contributed by atoms with Crippen molar-refractivity contribution in [2.45, 2.75) is 18.9 Å². The number of morpholine rings is 1. The zero-order valence-electron chi connectivity index (χ0n) is 13.3. The molecule has 1 amide bonds. The van der Waals surface area contributed by atoms with Crippen molar-refractivity contribution < 1.29 is 13.9 Å². The summed E-state index contributed by atoms with van der Waals surface area (Å²) in [5.41, 5.74) is 1.81. The summed E-state index contributed by atoms with van der Waals surface area (Å²) in [6, 6.07) is 13.9. The fourth-order valence-electron chi connectivity index (χ4n) is 2.89. The first kappa shape index (κ1) is 16.9. The van der Waals surface area contributed by atoms with Crippen LogP contribution in [0, 0.1) is 5.82 Å². The van der Waals surface area contributed by atoms with Gasteiger partial charge in [0.15, 0.2) is 0 Å². The minimum Gasteiger partial charge on any atom is -0.370 e. The van der Waals surface area contributed by atoms with Crippen LogP contribution in [0.25, 0.3) is 0 Å². The lowest BCUT2D eigenvalue weighted by Gasteiger charge is -2.33. The molecule has 1 saturated heterocycles. The van der Waals surface area contributed by atoms with Crippen LogP contribution in [0.4, 0.5) is 4.39 Å². The van der Waals surface area contributed by atoms with E-state index in [-0.39, 0.29) is 17.8 Å². The molecule has 0 aliphatic carbocycles. The van der Waals surface area contributed by atoms with Gasteiger partial charge in [-0.15, -0.1) is 0 Å². The Hall–Kier alpha value is -1.91. The first-order chi connectivity index (χ1) is 11.6. The van der Waals surface area contributed by atoms with Gasteiger partial charge >= 0.3 is 0 Å². The molecule has 0 bridgehead atoms. The lowest BCUT2D eigenvalue weighted by atomic mass is 10.1. The Labute approximate surface area is 146 Å². The Morgan fingerprint density at radius 3 is 2.88 bits per heavy atom. The predicted molar refractivity (Wildman–Crippen MR) is 91.4 cm³/mol. The summed E-state index contributed by atoms with van der Waals surface area (Å²) in [5.74, 6) is -0.207. The van der Waals surface area contributed by atoms with Gasteiger partial charge in [-0.05, 0) is 41.8 Å². The highest BCUT2D eigenvalue weighted by molar-refractivity contribution is 6.30. The summed E-state index contributed by atoms with van der Waals surface area (Å²) in [6.07, 6.45) is 0.747. The number of halogens is 2. The minimum atomic E-state index is -0.271. The quantitative estimate of drug-likeness (QED) is 0.836. The summed E-state index contributed by atoms with van der Waals surface area (Å²) in [4.78, 5) is 14.3. The smallest absolute Gasteiger partial charge is 0.223 e. The molecule has 1 aliphatic heterocycles. The monoisotopic (exact) mass is 347 g/mol. The molecule has 1 aliphatic rings. The molecule has 1 heterocycles. The fourth-order valence-corrected chi connectivity index (χ4v) is 3.08. The van der Waals surface area contributed by atoms with Gasteiger partial charge in [-0.1, -0.05) is 35.9 Å². The molecule has 1 fully saturated rings. The van der Waals surface area contributed by atoms with Gasteiger partial charge in [-0.3, -0.25) is 4.79 Å². The Kier molecular flexibility index (Phi) is 5.48. The third kappa shape index (κ3) is 4.34. The van der Waals surface area contributed by atoms with Gasteiger partial charge in [0, 0.05) is 18.0 Å². The molecule has 0 radical (unpaired) electrons. The van der Waals surface area contributed by atoms with Gasteiger partial charge in [0.25, 0.3) is 0 Å². The molecule has 126 valence electrons. The molecule has 2 aromatic rings. The molecule has 24 heavy (non-hydrogen) atoms. The lowest BCUT2D eigenvalue weighted by Crippen LogP contribution is -2.42. The van der Waals surface area contributed by atoms with Gasteiger partial charge in [0.1, 0.15) is 11.9 Å². The second-order valence-corrected chi connectivity index (χ2v) is 6.32. The third-order valence-electron chi connectivity index (χ3n) is 4.16. The van der Waals surface area contributed by atoms with Gasteiger partial charge in [0.2, 0.25) is 5.91 Å². The number of benzene rings is 2. The lowest BCUT2D eigenvalue weighted by molar-refractivity contribution is -0.139. The van der Waals surface area contributed by atoms with E-state index in [9.17, 15) is 9.18 Å². The minimum absolute atomic E-state index is 0.0644. The molecule has 0 spiro atoms. The molecule has 0 aromatic heterocycles.